The molecule has 1 spiro atoms. The van der Waals surface area contributed by atoms with E-state index < -0.39 is 17.2 Å². The normalized spacial score (nSPS) is 29.7. The Bertz CT molecular complexity index is 1160. The van der Waals surface area contributed by atoms with Gasteiger partial charge in [0.05, 0.1) is 17.6 Å². The maximum atomic E-state index is 12.8. The molecule has 44 heavy (non-hydrogen) atoms. The number of unbranched alkanes of at least 4 members (excludes halogenated alkanes) is 13. The third kappa shape index (κ3) is 6.19. The summed E-state index contributed by atoms with van der Waals surface area (Å²) in [6.45, 7) is 7.96. The Balaban J connectivity index is 0.980. The van der Waals surface area contributed by atoms with E-state index in [1.54, 1.807) is 0 Å². The smallest absolute Gasteiger partial charge is 0.481 e. The first-order chi connectivity index (χ1) is 21.5. The topological polar surface area (TPSA) is 77.0 Å². The van der Waals surface area contributed by atoms with Gasteiger partial charge in [-0.1, -0.05) is 116 Å². The molecule has 3 aliphatic carbocycles. The molecule has 2 bridgehead atoms. The summed E-state index contributed by atoms with van der Waals surface area (Å²) in [4.78, 5) is 12.8. The Morgan fingerprint density at radius 1 is 1.00 bits per heavy atom. The summed E-state index contributed by atoms with van der Waals surface area (Å²) < 4.78 is 18.1. The summed E-state index contributed by atoms with van der Waals surface area (Å²) in [6.07, 6.45) is 23.0. The molecule has 3 fully saturated rings. The molecule has 6 heteroatoms. The van der Waals surface area contributed by atoms with Gasteiger partial charge in [-0.15, -0.1) is 0 Å². The summed E-state index contributed by atoms with van der Waals surface area (Å²) in [5.74, 6) is 2.02. The van der Waals surface area contributed by atoms with Crippen LogP contribution in [0.25, 0.3) is 0 Å². The summed E-state index contributed by atoms with van der Waals surface area (Å²) in [5.41, 5.74) is 1.88. The first-order valence-electron chi connectivity index (χ1n) is 18.3. The molecule has 5 atom stereocenters. The SMILES string of the molecule is C=C1CCC2(O)C3Cc4ccc(OC(=O)OCCCCCCCCCCCCCCCC)c5c4C2(C(CC2CC2)CN3)C1O5. The minimum atomic E-state index is -0.901. The molecule has 1 aromatic rings. The van der Waals surface area contributed by atoms with Gasteiger partial charge in [0.1, 0.15) is 6.10 Å². The highest BCUT2D eigenvalue weighted by atomic mass is 16.7. The van der Waals surface area contributed by atoms with Crippen molar-refractivity contribution in [3.8, 4) is 11.5 Å². The Hall–Kier alpha value is -2.05. The molecular weight excluding hydrogens is 550 g/mol. The molecule has 0 amide bonds. The van der Waals surface area contributed by atoms with Crippen LogP contribution in [0.15, 0.2) is 24.3 Å². The number of nitrogens with one attached hydrogen (secondary N) is 1. The number of carbonyl (C=O) groups excluding carboxylic acids is 1. The van der Waals surface area contributed by atoms with Crippen molar-refractivity contribution in [2.45, 2.75) is 159 Å². The van der Waals surface area contributed by atoms with Crippen molar-refractivity contribution in [2.75, 3.05) is 13.2 Å². The molecule has 0 radical (unpaired) electrons. The van der Waals surface area contributed by atoms with Crippen molar-refractivity contribution in [3.05, 3.63) is 35.4 Å². The van der Waals surface area contributed by atoms with Crippen molar-refractivity contribution in [1.29, 1.82) is 0 Å². The van der Waals surface area contributed by atoms with E-state index >= 15 is 0 Å². The second kappa shape index (κ2) is 14.2. The van der Waals surface area contributed by atoms with Gasteiger partial charge in [0.15, 0.2) is 11.5 Å². The molecule has 5 aliphatic rings. The highest BCUT2D eigenvalue weighted by Gasteiger charge is 2.74. The van der Waals surface area contributed by atoms with Gasteiger partial charge in [0, 0.05) is 11.6 Å². The van der Waals surface area contributed by atoms with Crippen LogP contribution in [0.3, 0.4) is 0 Å². The molecule has 2 aliphatic heterocycles. The lowest BCUT2D eigenvalue weighted by Crippen LogP contribution is -2.78. The molecule has 0 aromatic heterocycles. The van der Waals surface area contributed by atoms with E-state index in [0.717, 1.165) is 55.7 Å². The second-order valence-corrected chi connectivity index (χ2v) is 14.7. The van der Waals surface area contributed by atoms with E-state index in [1.807, 2.05) is 6.07 Å². The average Bonchev–Trinajstić information content (AvgIpc) is 3.75. The standard InChI is InChI=1S/C38H57NO5/c1-3-4-5-6-7-8-9-10-11-12-13-14-15-16-23-42-36(40)43-31-20-19-29-25-32-37(41)22-21-27(2)35-38(37,33(29)34(31)44-35)30(26-39-32)24-28-17-18-28/h19-20,28,30,32,35,39,41H,2-18,21-26H2,1H3. The molecule has 2 saturated carbocycles. The van der Waals surface area contributed by atoms with E-state index in [4.69, 9.17) is 14.2 Å². The summed E-state index contributed by atoms with van der Waals surface area (Å²) in [5, 5.41) is 16.2. The Morgan fingerprint density at radius 3 is 2.32 bits per heavy atom. The fraction of sp³-hybridized carbons (Fsp3) is 0.763. The van der Waals surface area contributed by atoms with Gasteiger partial charge in [-0.05, 0) is 67.7 Å². The van der Waals surface area contributed by atoms with Gasteiger partial charge >= 0.3 is 6.16 Å². The lowest BCUT2D eigenvalue weighted by molar-refractivity contribution is -0.161. The van der Waals surface area contributed by atoms with Crippen LogP contribution in [-0.2, 0) is 16.6 Å². The van der Waals surface area contributed by atoms with Gasteiger partial charge in [-0.25, -0.2) is 4.79 Å². The van der Waals surface area contributed by atoms with Crippen LogP contribution in [-0.4, -0.2) is 42.2 Å². The summed E-state index contributed by atoms with van der Waals surface area (Å²) >= 11 is 0. The number of hydrogen-bond acceptors (Lipinski definition) is 6. The minimum Gasteiger partial charge on any atom is -0.481 e. The number of rotatable bonds is 18. The lowest BCUT2D eigenvalue weighted by atomic mass is 9.45. The third-order valence-electron chi connectivity index (χ3n) is 11.7. The number of benzene rings is 1. The van der Waals surface area contributed by atoms with Crippen LogP contribution >= 0.6 is 0 Å². The van der Waals surface area contributed by atoms with Crippen molar-refractivity contribution < 1.29 is 24.1 Å². The largest absolute Gasteiger partial charge is 0.513 e. The number of aliphatic hydroxyl groups is 1. The predicted molar refractivity (Wildman–Crippen MR) is 174 cm³/mol. The molecule has 2 heterocycles. The van der Waals surface area contributed by atoms with Crippen molar-refractivity contribution >= 4 is 6.16 Å². The quantitative estimate of drug-likeness (QED) is 0.0752. The van der Waals surface area contributed by atoms with E-state index in [9.17, 15) is 9.90 Å². The average molecular weight is 608 g/mol. The Morgan fingerprint density at radius 2 is 1.66 bits per heavy atom. The minimum absolute atomic E-state index is 0.00237. The summed E-state index contributed by atoms with van der Waals surface area (Å²) in [7, 11) is 0. The molecule has 6 rings (SSSR count). The van der Waals surface area contributed by atoms with Crippen molar-refractivity contribution in [3.63, 3.8) is 0 Å². The lowest BCUT2D eigenvalue weighted by Gasteiger charge is -2.63. The number of ether oxygens (including phenoxy) is 3. The second-order valence-electron chi connectivity index (χ2n) is 14.7. The Labute approximate surface area is 265 Å². The fourth-order valence-electron chi connectivity index (χ4n) is 9.21. The highest BCUT2D eigenvalue weighted by molar-refractivity contribution is 5.70. The van der Waals surface area contributed by atoms with Gasteiger partial charge in [0.25, 0.3) is 0 Å². The molecule has 6 nitrogen and oxygen atoms in total. The van der Waals surface area contributed by atoms with Crippen LogP contribution in [0.4, 0.5) is 4.79 Å². The molecule has 244 valence electrons. The monoisotopic (exact) mass is 607 g/mol. The zero-order valence-corrected chi connectivity index (χ0v) is 27.3. The van der Waals surface area contributed by atoms with Gasteiger partial charge in [0.2, 0.25) is 0 Å². The van der Waals surface area contributed by atoms with Crippen molar-refractivity contribution in [1.82, 2.24) is 5.32 Å². The van der Waals surface area contributed by atoms with Crippen LogP contribution in [0.1, 0.15) is 140 Å². The number of piperidine rings is 1. The maximum Gasteiger partial charge on any atom is 0.513 e. The molecule has 2 N–H and O–H groups in total. The zero-order chi connectivity index (χ0) is 30.6. The van der Waals surface area contributed by atoms with Gasteiger partial charge in [-0.3, -0.25) is 0 Å². The van der Waals surface area contributed by atoms with Crippen LogP contribution in [0.2, 0.25) is 0 Å². The predicted octanol–water partition coefficient (Wildman–Crippen LogP) is 8.71. The Kier molecular flexibility index (Phi) is 10.3. The summed E-state index contributed by atoms with van der Waals surface area (Å²) in [6, 6.07) is 3.93. The van der Waals surface area contributed by atoms with E-state index in [0.29, 0.717) is 24.5 Å². The van der Waals surface area contributed by atoms with Crippen LogP contribution < -0.4 is 14.8 Å². The zero-order valence-electron chi connectivity index (χ0n) is 27.3. The van der Waals surface area contributed by atoms with Crippen molar-refractivity contribution in [2.24, 2.45) is 11.8 Å². The molecule has 5 unspecified atom stereocenters. The first kappa shape index (κ1) is 31.9. The van der Waals surface area contributed by atoms with E-state index in [2.05, 4.69) is 24.9 Å². The fourth-order valence-corrected chi connectivity index (χ4v) is 9.21. The van der Waals surface area contributed by atoms with E-state index in [1.165, 1.54) is 95.5 Å². The molecule has 1 aromatic carbocycles. The first-order valence-corrected chi connectivity index (χ1v) is 18.3. The molecule has 1 saturated heterocycles. The van der Waals surface area contributed by atoms with Gasteiger partial charge in [-0.2, -0.15) is 0 Å². The van der Waals surface area contributed by atoms with Crippen LogP contribution in [0.5, 0.6) is 11.5 Å². The van der Waals surface area contributed by atoms with E-state index in [-0.39, 0.29) is 18.1 Å². The van der Waals surface area contributed by atoms with Gasteiger partial charge < -0.3 is 24.6 Å². The third-order valence-corrected chi connectivity index (χ3v) is 11.7. The highest BCUT2D eigenvalue weighted by Crippen LogP contribution is 2.67. The maximum absolute atomic E-state index is 12.8. The molecular formula is C38H57NO5. The number of hydrogen-bond donors (Lipinski definition) is 2. The van der Waals surface area contributed by atoms with Crippen LogP contribution in [0, 0.1) is 11.8 Å². The number of carbonyl (C=O) groups is 1.